The molecule has 2 aliphatic rings. The molecule has 0 saturated carbocycles. The van der Waals surface area contributed by atoms with Gasteiger partial charge in [0.05, 0.1) is 25.7 Å². The first-order valence-electron chi connectivity index (χ1n) is 8.46. The first-order valence-corrected chi connectivity index (χ1v) is 9.34. The van der Waals surface area contributed by atoms with Crippen molar-refractivity contribution < 1.29 is 24.2 Å². The van der Waals surface area contributed by atoms with E-state index in [-0.39, 0.29) is 37.7 Å². The van der Waals surface area contributed by atoms with Gasteiger partial charge in [-0.15, -0.1) is 11.3 Å². The lowest BCUT2D eigenvalue weighted by Crippen LogP contribution is -2.49. The molecule has 1 saturated heterocycles. The van der Waals surface area contributed by atoms with Crippen LogP contribution < -0.4 is 0 Å². The van der Waals surface area contributed by atoms with E-state index in [0.717, 1.165) is 6.42 Å². The number of rotatable bonds is 5. The Balaban J connectivity index is 1.51. The first kappa shape index (κ1) is 17.9. The van der Waals surface area contributed by atoms with Gasteiger partial charge in [0, 0.05) is 37.4 Å². The minimum atomic E-state index is -0.954. The average Bonchev–Trinajstić information content (AvgIpc) is 3.07. The van der Waals surface area contributed by atoms with Gasteiger partial charge in [0.25, 0.3) is 0 Å². The van der Waals surface area contributed by atoms with E-state index in [1.807, 2.05) is 5.38 Å². The van der Waals surface area contributed by atoms with E-state index in [1.165, 1.54) is 10.4 Å². The zero-order chi connectivity index (χ0) is 17.8. The molecule has 1 N–H and O–H groups in total. The second kappa shape index (κ2) is 7.97. The minimum Gasteiger partial charge on any atom is -0.481 e. The van der Waals surface area contributed by atoms with E-state index >= 15 is 0 Å². The normalized spacial score (nSPS) is 20.2. The van der Waals surface area contributed by atoms with Gasteiger partial charge in [0.15, 0.2) is 0 Å². The van der Waals surface area contributed by atoms with Crippen LogP contribution in [-0.4, -0.2) is 65.0 Å². The topological polar surface area (TPSA) is 87.1 Å². The maximum atomic E-state index is 12.4. The van der Waals surface area contributed by atoms with E-state index in [4.69, 9.17) is 9.84 Å². The van der Waals surface area contributed by atoms with Crippen molar-refractivity contribution in [2.24, 2.45) is 0 Å². The molecule has 3 heterocycles. The summed E-state index contributed by atoms with van der Waals surface area (Å²) in [5.74, 6) is -1.14. The zero-order valence-corrected chi connectivity index (χ0v) is 14.8. The van der Waals surface area contributed by atoms with Crippen LogP contribution in [0.3, 0.4) is 0 Å². The second-order valence-electron chi connectivity index (χ2n) is 6.35. The summed E-state index contributed by atoms with van der Waals surface area (Å²) >= 11 is 1.72. The van der Waals surface area contributed by atoms with Crippen molar-refractivity contribution in [3.05, 3.63) is 21.9 Å². The first-order chi connectivity index (χ1) is 12.0. The monoisotopic (exact) mass is 366 g/mol. The molecule has 136 valence electrons. The number of carboxylic acids is 1. The van der Waals surface area contributed by atoms with E-state index in [0.29, 0.717) is 26.2 Å². The predicted octanol–water partition coefficient (Wildman–Crippen LogP) is 1.12. The Hall–Kier alpha value is -1.93. The summed E-state index contributed by atoms with van der Waals surface area (Å²) in [4.78, 5) is 40.5. The number of ether oxygens (including phenoxy) is 1. The molecule has 2 aliphatic heterocycles. The van der Waals surface area contributed by atoms with Gasteiger partial charge in [-0.25, -0.2) is 0 Å². The van der Waals surface area contributed by atoms with Gasteiger partial charge in [-0.05, 0) is 23.4 Å². The summed E-state index contributed by atoms with van der Waals surface area (Å²) in [6, 6.07) is 1.60. The lowest BCUT2D eigenvalue weighted by molar-refractivity contribution is -0.147. The Morgan fingerprint density at radius 2 is 2.04 bits per heavy atom. The fraction of sp³-hybridized carbons (Fsp3) is 0.588. The Bertz CT molecular complexity index is 659. The third-order valence-corrected chi connectivity index (χ3v) is 5.69. The molecule has 2 amide bonds. The number of carboxylic acid groups (broad SMARTS) is 1. The number of nitrogens with zero attached hydrogens (tertiary/aromatic N) is 2. The fourth-order valence-electron chi connectivity index (χ4n) is 3.33. The fourth-order valence-corrected chi connectivity index (χ4v) is 4.22. The van der Waals surface area contributed by atoms with Crippen molar-refractivity contribution in [3.63, 3.8) is 0 Å². The van der Waals surface area contributed by atoms with Crippen LogP contribution in [0.15, 0.2) is 11.4 Å². The maximum Gasteiger partial charge on any atom is 0.305 e. The number of carbonyl (C=O) groups excluding carboxylic acids is 2. The van der Waals surface area contributed by atoms with Crippen LogP contribution in [-0.2, 0) is 32.1 Å². The van der Waals surface area contributed by atoms with Gasteiger partial charge in [0.2, 0.25) is 11.8 Å². The molecule has 0 bridgehead atoms. The van der Waals surface area contributed by atoms with E-state index < -0.39 is 12.0 Å². The van der Waals surface area contributed by atoms with E-state index in [2.05, 4.69) is 6.07 Å². The Morgan fingerprint density at radius 1 is 1.24 bits per heavy atom. The number of thiophene rings is 1. The zero-order valence-electron chi connectivity index (χ0n) is 14.0. The number of fused-ring (bicyclic) bond motifs is 1. The molecule has 8 heteroatoms. The Labute approximate surface area is 150 Å². The molecule has 1 fully saturated rings. The number of hydrogen-bond donors (Lipinski definition) is 1. The number of aliphatic carboxylic acids is 1. The van der Waals surface area contributed by atoms with Crippen LogP contribution in [0.25, 0.3) is 0 Å². The Kier molecular flexibility index (Phi) is 5.70. The quantitative estimate of drug-likeness (QED) is 0.844. The molecular formula is C17H22N2O5S. The van der Waals surface area contributed by atoms with Gasteiger partial charge in [0.1, 0.15) is 0 Å². The smallest absolute Gasteiger partial charge is 0.305 e. The highest BCUT2D eigenvalue weighted by atomic mass is 32.1. The molecule has 0 spiro atoms. The molecule has 0 radical (unpaired) electrons. The van der Waals surface area contributed by atoms with Crippen LogP contribution in [0.4, 0.5) is 0 Å². The molecule has 0 aromatic carbocycles. The SMILES string of the molecule is O=C(O)CC1COCCN1C(=O)CCC(=O)N1CCc2sccc2C1. The minimum absolute atomic E-state index is 0.0201. The van der Waals surface area contributed by atoms with Crippen molar-refractivity contribution >= 4 is 29.1 Å². The highest BCUT2D eigenvalue weighted by molar-refractivity contribution is 7.10. The summed E-state index contributed by atoms with van der Waals surface area (Å²) < 4.78 is 5.28. The molecule has 1 atom stereocenters. The summed E-state index contributed by atoms with van der Waals surface area (Å²) in [5.41, 5.74) is 1.20. The molecule has 1 aromatic rings. The maximum absolute atomic E-state index is 12.4. The summed E-state index contributed by atoms with van der Waals surface area (Å²) in [6.45, 7) is 2.33. The number of carbonyl (C=O) groups is 3. The molecule has 25 heavy (non-hydrogen) atoms. The van der Waals surface area contributed by atoms with Crippen molar-refractivity contribution in [3.8, 4) is 0 Å². The Morgan fingerprint density at radius 3 is 2.84 bits per heavy atom. The van der Waals surface area contributed by atoms with Gasteiger partial charge < -0.3 is 19.6 Å². The third kappa shape index (κ3) is 4.38. The standard InChI is InChI=1S/C17H22N2O5S/c20-15(18-5-3-14-12(10-18)4-8-25-14)1-2-16(21)19-6-7-24-11-13(19)9-17(22)23/h4,8,13H,1-3,5-7,9-11H2,(H,22,23). The van der Waals surface area contributed by atoms with Crippen molar-refractivity contribution in [1.82, 2.24) is 9.80 Å². The highest BCUT2D eigenvalue weighted by Gasteiger charge is 2.30. The van der Waals surface area contributed by atoms with Gasteiger partial charge in [-0.1, -0.05) is 0 Å². The van der Waals surface area contributed by atoms with Crippen LogP contribution in [0, 0.1) is 0 Å². The molecule has 1 aromatic heterocycles. The van der Waals surface area contributed by atoms with Crippen LogP contribution in [0.5, 0.6) is 0 Å². The lowest BCUT2D eigenvalue weighted by atomic mass is 10.1. The average molecular weight is 366 g/mol. The van der Waals surface area contributed by atoms with Gasteiger partial charge in [-0.3, -0.25) is 14.4 Å². The lowest BCUT2D eigenvalue weighted by Gasteiger charge is -2.35. The van der Waals surface area contributed by atoms with E-state index in [9.17, 15) is 14.4 Å². The van der Waals surface area contributed by atoms with Gasteiger partial charge in [-0.2, -0.15) is 0 Å². The van der Waals surface area contributed by atoms with Crippen LogP contribution in [0.2, 0.25) is 0 Å². The number of hydrogen-bond acceptors (Lipinski definition) is 5. The molecule has 3 rings (SSSR count). The largest absolute Gasteiger partial charge is 0.481 e. The van der Waals surface area contributed by atoms with Crippen molar-refractivity contribution in [2.75, 3.05) is 26.3 Å². The number of amides is 2. The third-order valence-electron chi connectivity index (χ3n) is 4.67. The summed E-state index contributed by atoms with van der Waals surface area (Å²) in [7, 11) is 0. The second-order valence-corrected chi connectivity index (χ2v) is 7.35. The van der Waals surface area contributed by atoms with Crippen molar-refractivity contribution in [2.45, 2.75) is 38.3 Å². The summed E-state index contributed by atoms with van der Waals surface area (Å²) in [5, 5.41) is 11.0. The van der Waals surface area contributed by atoms with Gasteiger partial charge >= 0.3 is 5.97 Å². The molecule has 1 unspecified atom stereocenters. The predicted molar refractivity (Wildman–Crippen MR) is 91.2 cm³/mol. The summed E-state index contributed by atoms with van der Waals surface area (Å²) in [6.07, 6.45) is 1.01. The van der Waals surface area contributed by atoms with E-state index in [1.54, 1.807) is 21.1 Å². The highest BCUT2D eigenvalue weighted by Crippen LogP contribution is 2.24. The van der Waals surface area contributed by atoms with Crippen molar-refractivity contribution in [1.29, 1.82) is 0 Å². The number of morpholine rings is 1. The molecular weight excluding hydrogens is 344 g/mol. The van der Waals surface area contributed by atoms with Crippen LogP contribution in [0.1, 0.15) is 29.7 Å². The molecule has 7 nitrogen and oxygen atoms in total. The van der Waals surface area contributed by atoms with Crippen LogP contribution >= 0.6 is 11.3 Å². The molecule has 0 aliphatic carbocycles.